The molecule has 0 bridgehead atoms. The monoisotopic (exact) mass is 395 g/mol. The van der Waals surface area contributed by atoms with Crippen LogP contribution in [-0.4, -0.2) is 10.8 Å². The maximum atomic E-state index is 13.8. The Hall–Kier alpha value is -2.90. The van der Waals surface area contributed by atoms with E-state index in [0.29, 0.717) is 5.56 Å². The smallest absolute Gasteiger partial charge is 0.200 e. The Morgan fingerprint density at radius 2 is 1.57 bits per heavy atom. The number of aryl methyl sites for hydroxylation is 2. The molecule has 0 aliphatic rings. The summed E-state index contributed by atoms with van der Waals surface area (Å²) in [7, 11) is 0. The summed E-state index contributed by atoms with van der Waals surface area (Å²) in [5, 5.41) is 4.62. The molecule has 0 radical (unpaired) electrons. The number of hydrogen-bond donors (Lipinski definition) is 1. The molecule has 148 valence electrons. The molecule has 0 unspecified atom stereocenters. The van der Waals surface area contributed by atoms with Crippen LogP contribution in [0.3, 0.4) is 0 Å². The lowest BCUT2D eigenvalue weighted by Crippen LogP contribution is -2.06. The van der Waals surface area contributed by atoms with Gasteiger partial charge in [-0.3, -0.25) is 5.43 Å². The second kappa shape index (κ2) is 7.61. The minimum absolute atomic E-state index is 0.698. The zero-order chi connectivity index (χ0) is 20.6. The van der Waals surface area contributed by atoms with Crippen molar-refractivity contribution in [3.05, 3.63) is 64.1 Å². The Labute approximate surface area is 158 Å². The fourth-order valence-electron chi connectivity index (χ4n) is 3.27. The topological polar surface area (TPSA) is 29.3 Å². The van der Waals surface area contributed by atoms with Crippen molar-refractivity contribution in [2.75, 3.05) is 5.43 Å². The summed E-state index contributed by atoms with van der Waals surface area (Å²) < 4.78 is 69.4. The van der Waals surface area contributed by atoms with Crippen molar-refractivity contribution in [3.63, 3.8) is 0 Å². The number of nitrogens with one attached hydrogen (secondary N) is 1. The van der Waals surface area contributed by atoms with Crippen LogP contribution in [0.2, 0.25) is 0 Å². The highest BCUT2D eigenvalue weighted by atomic mass is 19.2. The fraction of sp³-hybridized carbons (Fsp3) is 0.250. The van der Waals surface area contributed by atoms with Gasteiger partial charge in [0, 0.05) is 23.2 Å². The van der Waals surface area contributed by atoms with Gasteiger partial charge in [-0.25, -0.2) is 22.0 Å². The third-order valence-corrected chi connectivity index (χ3v) is 4.62. The van der Waals surface area contributed by atoms with Crippen LogP contribution in [-0.2, 0) is 6.54 Å². The minimum Gasteiger partial charge on any atom is -0.344 e. The molecule has 3 rings (SSSR count). The van der Waals surface area contributed by atoms with Gasteiger partial charge in [0.05, 0.1) is 11.7 Å². The van der Waals surface area contributed by atoms with Gasteiger partial charge in [0.15, 0.2) is 23.3 Å². The van der Waals surface area contributed by atoms with Gasteiger partial charge in [-0.05, 0) is 25.8 Å². The highest BCUT2D eigenvalue weighted by molar-refractivity contribution is 6.02. The van der Waals surface area contributed by atoms with Crippen LogP contribution in [0.1, 0.15) is 30.2 Å². The SMILES string of the molecule is CCCn1c(C)c(/C=N/Nc2c(F)c(F)c(F)c(F)c2F)c2cccc(C)c21. The van der Waals surface area contributed by atoms with E-state index in [0.717, 1.165) is 35.1 Å². The van der Waals surface area contributed by atoms with Crippen LogP contribution in [0.15, 0.2) is 23.3 Å². The molecule has 8 heteroatoms. The molecule has 0 fully saturated rings. The van der Waals surface area contributed by atoms with E-state index in [9.17, 15) is 22.0 Å². The van der Waals surface area contributed by atoms with Crippen molar-refractivity contribution in [1.29, 1.82) is 0 Å². The van der Waals surface area contributed by atoms with Crippen molar-refractivity contribution in [2.45, 2.75) is 33.7 Å². The summed E-state index contributed by atoms with van der Waals surface area (Å²) in [4.78, 5) is 0. The first-order valence-corrected chi connectivity index (χ1v) is 8.68. The maximum absolute atomic E-state index is 13.8. The summed E-state index contributed by atoms with van der Waals surface area (Å²) in [6, 6.07) is 5.74. The summed E-state index contributed by atoms with van der Waals surface area (Å²) in [5.74, 6) is -10.2. The lowest BCUT2D eigenvalue weighted by atomic mass is 10.1. The third-order valence-electron chi connectivity index (χ3n) is 4.62. The Bertz CT molecular complexity index is 1060. The molecule has 0 spiro atoms. The molecule has 0 saturated heterocycles. The highest BCUT2D eigenvalue weighted by Gasteiger charge is 2.25. The van der Waals surface area contributed by atoms with Gasteiger partial charge in [0.2, 0.25) is 5.82 Å². The molecule has 0 atom stereocenters. The lowest BCUT2D eigenvalue weighted by molar-refractivity contribution is 0.381. The Morgan fingerprint density at radius 1 is 0.964 bits per heavy atom. The molecule has 28 heavy (non-hydrogen) atoms. The van der Waals surface area contributed by atoms with Gasteiger partial charge in [-0.1, -0.05) is 25.1 Å². The van der Waals surface area contributed by atoms with E-state index in [1.54, 1.807) is 0 Å². The highest BCUT2D eigenvalue weighted by Crippen LogP contribution is 2.29. The number of nitrogens with zero attached hydrogens (tertiary/aromatic N) is 2. The number of anilines is 1. The summed E-state index contributed by atoms with van der Waals surface area (Å²) in [6.45, 7) is 6.67. The number of hydrogen-bond acceptors (Lipinski definition) is 2. The first-order chi connectivity index (χ1) is 13.3. The normalized spacial score (nSPS) is 11.7. The predicted octanol–water partition coefficient (Wildman–Crippen LogP) is 5.81. The molecule has 1 N–H and O–H groups in total. The minimum atomic E-state index is -2.21. The average molecular weight is 395 g/mol. The number of rotatable bonds is 5. The van der Waals surface area contributed by atoms with E-state index in [2.05, 4.69) is 9.67 Å². The van der Waals surface area contributed by atoms with E-state index in [1.807, 2.05) is 44.4 Å². The van der Waals surface area contributed by atoms with E-state index in [1.165, 1.54) is 6.21 Å². The number of hydrazone groups is 1. The number of para-hydroxylation sites is 1. The molecule has 1 heterocycles. The zero-order valence-corrected chi connectivity index (χ0v) is 15.5. The fourth-order valence-corrected chi connectivity index (χ4v) is 3.27. The number of benzene rings is 2. The second-order valence-electron chi connectivity index (χ2n) is 6.44. The molecule has 3 nitrogen and oxygen atoms in total. The van der Waals surface area contributed by atoms with Crippen molar-refractivity contribution >= 4 is 22.8 Å². The van der Waals surface area contributed by atoms with Crippen molar-refractivity contribution in [2.24, 2.45) is 5.10 Å². The molecule has 0 amide bonds. The largest absolute Gasteiger partial charge is 0.344 e. The van der Waals surface area contributed by atoms with E-state index < -0.39 is 34.8 Å². The molecular formula is C20H18F5N3. The van der Waals surface area contributed by atoms with Crippen LogP contribution in [0.5, 0.6) is 0 Å². The number of fused-ring (bicyclic) bond motifs is 1. The first kappa shape index (κ1) is 19.9. The van der Waals surface area contributed by atoms with Gasteiger partial charge in [0.1, 0.15) is 5.69 Å². The second-order valence-corrected chi connectivity index (χ2v) is 6.44. The van der Waals surface area contributed by atoms with Crippen molar-refractivity contribution < 1.29 is 22.0 Å². The third kappa shape index (κ3) is 3.12. The van der Waals surface area contributed by atoms with Crippen LogP contribution in [0.25, 0.3) is 10.9 Å². The molecule has 0 saturated carbocycles. The van der Waals surface area contributed by atoms with Crippen LogP contribution in [0, 0.1) is 42.9 Å². The van der Waals surface area contributed by atoms with Gasteiger partial charge < -0.3 is 4.57 Å². The Kier molecular flexibility index (Phi) is 5.40. The summed E-state index contributed by atoms with van der Waals surface area (Å²) in [5.41, 5.74) is 4.41. The van der Waals surface area contributed by atoms with Crippen LogP contribution >= 0.6 is 0 Å². The standard InChI is InChI=1S/C20H18F5N3/c1-4-8-28-11(3)13(12-7-5-6-10(2)20(12)28)9-26-27-19-17(24)15(22)14(21)16(23)18(19)25/h5-7,9,27H,4,8H2,1-3H3/b26-9+. The molecule has 1 aromatic heterocycles. The predicted molar refractivity (Wildman–Crippen MR) is 99.2 cm³/mol. The zero-order valence-electron chi connectivity index (χ0n) is 15.5. The first-order valence-electron chi connectivity index (χ1n) is 8.68. The van der Waals surface area contributed by atoms with Crippen LogP contribution < -0.4 is 5.43 Å². The quantitative estimate of drug-likeness (QED) is 0.191. The molecule has 3 aromatic rings. The maximum Gasteiger partial charge on any atom is 0.200 e. The van der Waals surface area contributed by atoms with E-state index in [4.69, 9.17) is 0 Å². The Morgan fingerprint density at radius 3 is 2.18 bits per heavy atom. The van der Waals surface area contributed by atoms with Crippen molar-refractivity contribution in [3.8, 4) is 0 Å². The molecule has 0 aliphatic carbocycles. The molecular weight excluding hydrogens is 377 g/mol. The van der Waals surface area contributed by atoms with E-state index in [-0.39, 0.29) is 0 Å². The average Bonchev–Trinajstić information content (AvgIpc) is 2.94. The summed E-state index contributed by atoms with van der Waals surface area (Å²) >= 11 is 0. The van der Waals surface area contributed by atoms with E-state index >= 15 is 0 Å². The number of aromatic nitrogens is 1. The van der Waals surface area contributed by atoms with Gasteiger partial charge in [0.25, 0.3) is 0 Å². The molecule has 0 aliphatic heterocycles. The van der Waals surface area contributed by atoms with Gasteiger partial charge in [-0.2, -0.15) is 5.10 Å². The van der Waals surface area contributed by atoms with Crippen LogP contribution in [0.4, 0.5) is 27.6 Å². The lowest BCUT2D eigenvalue weighted by Gasteiger charge is -2.08. The molecule has 2 aromatic carbocycles. The van der Waals surface area contributed by atoms with Gasteiger partial charge in [-0.15, -0.1) is 0 Å². The number of halogens is 5. The van der Waals surface area contributed by atoms with Crippen molar-refractivity contribution in [1.82, 2.24) is 4.57 Å². The van der Waals surface area contributed by atoms with Gasteiger partial charge >= 0.3 is 0 Å². The Balaban J connectivity index is 2.04. The summed E-state index contributed by atoms with van der Waals surface area (Å²) in [6.07, 6.45) is 2.22.